The van der Waals surface area contributed by atoms with Crippen LogP contribution in [0.1, 0.15) is 25.0 Å². The highest BCUT2D eigenvalue weighted by molar-refractivity contribution is 5.66. The van der Waals surface area contributed by atoms with Gasteiger partial charge in [0.05, 0.1) is 6.61 Å². The lowest BCUT2D eigenvalue weighted by Gasteiger charge is -2.42. The zero-order chi connectivity index (χ0) is 14.7. The number of aliphatic hydroxyl groups excluding tert-OH is 1. The van der Waals surface area contributed by atoms with E-state index < -0.39 is 6.09 Å². The van der Waals surface area contributed by atoms with Crippen LogP contribution in [0.5, 0.6) is 0 Å². The molecule has 0 bridgehead atoms. The van der Waals surface area contributed by atoms with Crippen LogP contribution in [-0.4, -0.2) is 51.3 Å². The predicted molar refractivity (Wildman–Crippen MR) is 76.4 cm³/mol. The van der Waals surface area contributed by atoms with E-state index in [4.69, 9.17) is 5.11 Å². The molecule has 1 heterocycles. The number of rotatable bonds is 3. The molecule has 0 unspecified atom stereocenters. The van der Waals surface area contributed by atoms with E-state index in [2.05, 4.69) is 4.90 Å². The third kappa shape index (κ3) is 3.29. The third-order valence-corrected chi connectivity index (χ3v) is 3.83. The Morgan fingerprint density at radius 2 is 1.65 bits per heavy atom. The zero-order valence-electron chi connectivity index (χ0n) is 12.0. The smallest absolute Gasteiger partial charge is 0.407 e. The average Bonchev–Trinajstić information content (AvgIpc) is 2.38. The van der Waals surface area contributed by atoms with Crippen LogP contribution in [0.3, 0.4) is 0 Å². The molecule has 110 valence electrons. The topological polar surface area (TPSA) is 64.0 Å². The molecule has 1 aliphatic heterocycles. The Morgan fingerprint density at radius 3 is 2.10 bits per heavy atom. The molecule has 2 atom stereocenters. The molecular formula is C15H22N2O3. The van der Waals surface area contributed by atoms with Gasteiger partial charge in [0.2, 0.25) is 0 Å². The van der Waals surface area contributed by atoms with Gasteiger partial charge in [-0.3, -0.25) is 4.90 Å². The summed E-state index contributed by atoms with van der Waals surface area (Å²) in [5.41, 5.74) is 2.09. The highest BCUT2D eigenvalue weighted by Gasteiger charge is 2.32. The number of hydrogen-bond acceptors (Lipinski definition) is 3. The fraction of sp³-hybridized carbons (Fsp3) is 0.533. The summed E-state index contributed by atoms with van der Waals surface area (Å²) < 4.78 is 0. The van der Waals surface area contributed by atoms with Crippen molar-refractivity contribution in [3.8, 4) is 0 Å². The van der Waals surface area contributed by atoms with Crippen molar-refractivity contribution in [2.45, 2.75) is 39.1 Å². The van der Waals surface area contributed by atoms with Gasteiger partial charge in [-0.2, -0.15) is 0 Å². The molecule has 0 spiro atoms. The molecule has 1 amide bonds. The lowest BCUT2D eigenvalue weighted by atomic mass is 10.1. The molecule has 1 fully saturated rings. The molecule has 1 aromatic carbocycles. The normalized spacial score (nSPS) is 23.9. The second kappa shape index (κ2) is 6.24. The maximum atomic E-state index is 11.2. The number of nitrogens with zero attached hydrogens (tertiary/aromatic N) is 2. The van der Waals surface area contributed by atoms with Crippen LogP contribution in [0.15, 0.2) is 24.3 Å². The zero-order valence-corrected chi connectivity index (χ0v) is 12.0. The van der Waals surface area contributed by atoms with Crippen LogP contribution in [0.4, 0.5) is 4.79 Å². The van der Waals surface area contributed by atoms with Gasteiger partial charge < -0.3 is 15.1 Å². The van der Waals surface area contributed by atoms with Crippen LogP contribution in [0.25, 0.3) is 0 Å². The molecule has 5 nitrogen and oxygen atoms in total. The second-order valence-corrected chi connectivity index (χ2v) is 5.56. The van der Waals surface area contributed by atoms with Crippen LogP contribution >= 0.6 is 0 Å². The largest absolute Gasteiger partial charge is 0.465 e. The van der Waals surface area contributed by atoms with Gasteiger partial charge in [-0.05, 0) is 25.0 Å². The molecular weight excluding hydrogens is 256 g/mol. The molecule has 1 saturated heterocycles. The summed E-state index contributed by atoms with van der Waals surface area (Å²) >= 11 is 0. The standard InChI is InChI=1S/C15H22N2O3/c1-11-7-16(8-12(2)17(11)15(19)20)9-13-3-5-14(10-18)6-4-13/h3-6,11-12,18H,7-10H2,1-2H3,(H,19,20)/t11-,12+. The highest BCUT2D eigenvalue weighted by Crippen LogP contribution is 2.18. The highest BCUT2D eigenvalue weighted by atomic mass is 16.4. The Balaban J connectivity index is 1.99. The second-order valence-electron chi connectivity index (χ2n) is 5.56. The molecule has 0 radical (unpaired) electrons. The molecule has 2 rings (SSSR count). The predicted octanol–water partition coefficient (Wildman–Crippen LogP) is 1.75. The first-order chi connectivity index (χ1) is 9.51. The molecule has 20 heavy (non-hydrogen) atoms. The van der Waals surface area contributed by atoms with Gasteiger partial charge in [0.15, 0.2) is 0 Å². The number of benzene rings is 1. The van der Waals surface area contributed by atoms with Crippen molar-refractivity contribution in [3.63, 3.8) is 0 Å². The minimum atomic E-state index is -0.836. The SMILES string of the molecule is C[C@@H]1CN(Cc2ccc(CO)cc2)C[C@H](C)N1C(=O)O. The van der Waals surface area contributed by atoms with E-state index in [1.807, 2.05) is 38.1 Å². The van der Waals surface area contributed by atoms with Gasteiger partial charge in [-0.15, -0.1) is 0 Å². The summed E-state index contributed by atoms with van der Waals surface area (Å²) in [5, 5.41) is 18.2. The van der Waals surface area contributed by atoms with Crippen molar-refractivity contribution < 1.29 is 15.0 Å². The quantitative estimate of drug-likeness (QED) is 0.884. The van der Waals surface area contributed by atoms with Gasteiger partial charge in [-0.25, -0.2) is 4.79 Å². The van der Waals surface area contributed by atoms with Crippen LogP contribution in [-0.2, 0) is 13.2 Å². The lowest BCUT2D eigenvalue weighted by molar-refractivity contribution is 0.0381. The molecule has 0 aromatic heterocycles. The molecule has 5 heteroatoms. The molecule has 1 aliphatic rings. The first-order valence-corrected chi connectivity index (χ1v) is 6.93. The molecule has 2 N–H and O–H groups in total. The van der Waals surface area contributed by atoms with Crippen molar-refractivity contribution in [1.29, 1.82) is 0 Å². The van der Waals surface area contributed by atoms with E-state index in [9.17, 15) is 9.90 Å². The van der Waals surface area contributed by atoms with Crippen molar-refractivity contribution >= 4 is 6.09 Å². The van der Waals surface area contributed by atoms with Gasteiger partial charge in [0.1, 0.15) is 0 Å². The Labute approximate surface area is 119 Å². The van der Waals surface area contributed by atoms with Crippen molar-refractivity contribution in [2.24, 2.45) is 0 Å². The van der Waals surface area contributed by atoms with Crippen LogP contribution in [0, 0.1) is 0 Å². The summed E-state index contributed by atoms with van der Waals surface area (Å²) in [6.45, 7) is 6.27. The van der Waals surface area contributed by atoms with Gasteiger partial charge in [0.25, 0.3) is 0 Å². The van der Waals surface area contributed by atoms with Crippen LogP contribution in [0.2, 0.25) is 0 Å². The number of aliphatic hydroxyl groups is 1. The number of hydrogen-bond donors (Lipinski definition) is 2. The van der Waals surface area contributed by atoms with Crippen molar-refractivity contribution in [1.82, 2.24) is 9.80 Å². The average molecular weight is 278 g/mol. The van der Waals surface area contributed by atoms with E-state index in [-0.39, 0.29) is 18.7 Å². The Bertz CT molecular complexity index is 449. The maximum absolute atomic E-state index is 11.2. The summed E-state index contributed by atoms with van der Waals surface area (Å²) in [7, 11) is 0. The lowest BCUT2D eigenvalue weighted by Crippen LogP contribution is -2.57. The Hall–Kier alpha value is -1.59. The van der Waals surface area contributed by atoms with Crippen molar-refractivity contribution in [3.05, 3.63) is 35.4 Å². The van der Waals surface area contributed by atoms with E-state index in [1.54, 1.807) is 0 Å². The Kier molecular flexibility index (Phi) is 4.62. The summed E-state index contributed by atoms with van der Waals surface area (Å²) in [6, 6.07) is 7.90. The maximum Gasteiger partial charge on any atom is 0.407 e. The van der Waals surface area contributed by atoms with Gasteiger partial charge >= 0.3 is 6.09 Å². The van der Waals surface area contributed by atoms with Crippen LogP contribution < -0.4 is 0 Å². The van der Waals surface area contributed by atoms with E-state index in [1.165, 1.54) is 10.5 Å². The number of amides is 1. The van der Waals surface area contributed by atoms with Gasteiger partial charge in [-0.1, -0.05) is 24.3 Å². The first-order valence-electron chi connectivity index (χ1n) is 6.93. The summed E-state index contributed by atoms with van der Waals surface area (Å²) in [5.74, 6) is 0. The number of carbonyl (C=O) groups is 1. The van der Waals surface area contributed by atoms with E-state index in [0.717, 1.165) is 25.2 Å². The number of piperazine rings is 1. The minimum Gasteiger partial charge on any atom is -0.465 e. The third-order valence-electron chi connectivity index (χ3n) is 3.83. The van der Waals surface area contributed by atoms with E-state index in [0.29, 0.717) is 0 Å². The van der Waals surface area contributed by atoms with Gasteiger partial charge in [0, 0.05) is 31.7 Å². The Morgan fingerprint density at radius 1 is 1.15 bits per heavy atom. The fourth-order valence-corrected chi connectivity index (χ4v) is 2.95. The fourth-order valence-electron chi connectivity index (χ4n) is 2.95. The van der Waals surface area contributed by atoms with E-state index >= 15 is 0 Å². The first kappa shape index (κ1) is 14.8. The monoisotopic (exact) mass is 278 g/mol. The summed E-state index contributed by atoms with van der Waals surface area (Å²) in [4.78, 5) is 15.0. The summed E-state index contributed by atoms with van der Waals surface area (Å²) in [6.07, 6.45) is -0.836. The molecule has 1 aromatic rings. The minimum absolute atomic E-state index is 0.00738. The molecule has 0 aliphatic carbocycles. The molecule has 0 saturated carbocycles. The number of carboxylic acid groups (broad SMARTS) is 1. The van der Waals surface area contributed by atoms with Crippen molar-refractivity contribution in [2.75, 3.05) is 13.1 Å².